The smallest absolute Gasteiger partial charge is 0.340 e. The summed E-state index contributed by atoms with van der Waals surface area (Å²) in [7, 11) is 0. The molecule has 3 aromatic heterocycles. The molecule has 26 heavy (non-hydrogen) atoms. The maximum atomic E-state index is 12.9. The van der Waals surface area contributed by atoms with E-state index in [4.69, 9.17) is 0 Å². The highest BCUT2D eigenvalue weighted by Crippen LogP contribution is 2.32. The van der Waals surface area contributed by atoms with Gasteiger partial charge in [0.2, 0.25) is 0 Å². The van der Waals surface area contributed by atoms with E-state index in [0.717, 1.165) is 17.8 Å². The fourth-order valence-corrected chi connectivity index (χ4v) is 2.54. The molecule has 0 aliphatic carbocycles. The first-order chi connectivity index (χ1) is 12.5. The highest BCUT2D eigenvalue weighted by Gasteiger charge is 2.30. The number of hydrogen-bond donors (Lipinski definition) is 2. The zero-order chi connectivity index (χ0) is 18.1. The summed E-state index contributed by atoms with van der Waals surface area (Å²) in [6.45, 7) is 0. The minimum Gasteiger partial charge on any atom is -0.340 e. The second kappa shape index (κ2) is 6.14. The minimum absolute atomic E-state index is 0.356. The average Bonchev–Trinajstić information content (AvgIpc) is 3.05. The molecule has 2 N–H and O–H groups in total. The van der Waals surface area contributed by atoms with Gasteiger partial charge in [0, 0.05) is 29.7 Å². The van der Waals surface area contributed by atoms with Gasteiger partial charge in [0.1, 0.15) is 11.6 Å². The van der Waals surface area contributed by atoms with Crippen LogP contribution in [0, 0.1) is 0 Å². The molecular weight excluding hydrogens is 343 g/mol. The zero-order valence-electron chi connectivity index (χ0n) is 13.2. The van der Waals surface area contributed by atoms with Gasteiger partial charge in [0.15, 0.2) is 0 Å². The van der Waals surface area contributed by atoms with E-state index in [1.54, 1.807) is 42.9 Å². The maximum Gasteiger partial charge on any atom is 0.416 e. The molecule has 4 rings (SSSR count). The van der Waals surface area contributed by atoms with Crippen molar-refractivity contribution in [3.63, 3.8) is 0 Å². The fraction of sp³-hybridized carbons (Fsp3) is 0.0556. The molecule has 0 radical (unpaired) electrons. The summed E-state index contributed by atoms with van der Waals surface area (Å²) >= 11 is 0. The van der Waals surface area contributed by atoms with Crippen LogP contribution in [-0.2, 0) is 6.18 Å². The van der Waals surface area contributed by atoms with Crippen molar-refractivity contribution in [3.05, 3.63) is 66.6 Å². The number of nitrogens with one attached hydrogen (secondary N) is 2. The van der Waals surface area contributed by atoms with Crippen LogP contribution in [0.1, 0.15) is 5.56 Å². The number of H-pyrrole nitrogens is 1. The quantitative estimate of drug-likeness (QED) is 0.555. The summed E-state index contributed by atoms with van der Waals surface area (Å²) in [5.41, 5.74) is 1.70. The fourth-order valence-electron chi connectivity index (χ4n) is 2.54. The minimum atomic E-state index is -4.40. The number of benzene rings is 1. The Bertz CT molecular complexity index is 1060. The molecule has 0 bridgehead atoms. The number of aromatic amines is 1. The average molecular weight is 355 g/mol. The van der Waals surface area contributed by atoms with E-state index in [9.17, 15) is 13.2 Å². The van der Waals surface area contributed by atoms with Crippen molar-refractivity contribution in [2.75, 3.05) is 5.32 Å². The van der Waals surface area contributed by atoms with Gasteiger partial charge < -0.3 is 10.3 Å². The van der Waals surface area contributed by atoms with Gasteiger partial charge in [-0.1, -0.05) is 12.1 Å². The Morgan fingerprint density at radius 1 is 1.00 bits per heavy atom. The standard InChI is InChI=1S/C18H12F3N5/c19-18(20,21)12-3-1-2-11(8-12)17-25-14-9-16(23-10-15(14)26-17)24-13-4-6-22-7-5-13/h1-10H,(H,25,26)(H,22,23,24). The lowest BCUT2D eigenvalue weighted by Crippen LogP contribution is -2.04. The Kier molecular flexibility index (Phi) is 3.80. The van der Waals surface area contributed by atoms with E-state index in [-0.39, 0.29) is 0 Å². The Morgan fingerprint density at radius 3 is 2.58 bits per heavy atom. The summed E-state index contributed by atoms with van der Waals surface area (Å²) < 4.78 is 38.7. The predicted octanol–water partition coefficient (Wildman–Crippen LogP) is 4.78. The van der Waals surface area contributed by atoms with Gasteiger partial charge in [-0.15, -0.1) is 0 Å². The number of hydrogen-bond acceptors (Lipinski definition) is 4. The molecule has 5 nitrogen and oxygen atoms in total. The third-order valence-electron chi connectivity index (χ3n) is 3.78. The molecule has 0 spiro atoms. The molecule has 0 aliphatic rings. The van der Waals surface area contributed by atoms with Crippen LogP contribution in [0.15, 0.2) is 61.1 Å². The van der Waals surface area contributed by atoms with Gasteiger partial charge in [0.25, 0.3) is 0 Å². The Balaban J connectivity index is 1.68. The van der Waals surface area contributed by atoms with E-state index < -0.39 is 11.7 Å². The van der Waals surface area contributed by atoms with Crippen molar-refractivity contribution in [2.45, 2.75) is 6.18 Å². The number of imidazole rings is 1. The van der Waals surface area contributed by atoms with Crippen LogP contribution in [-0.4, -0.2) is 19.9 Å². The first kappa shape index (κ1) is 16.1. The lowest BCUT2D eigenvalue weighted by atomic mass is 10.1. The van der Waals surface area contributed by atoms with Crippen LogP contribution >= 0.6 is 0 Å². The van der Waals surface area contributed by atoms with Gasteiger partial charge in [-0.3, -0.25) is 4.98 Å². The van der Waals surface area contributed by atoms with E-state index in [1.807, 2.05) is 0 Å². The molecule has 0 amide bonds. The van der Waals surface area contributed by atoms with Gasteiger partial charge in [-0.25, -0.2) is 9.97 Å². The Morgan fingerprint density at radius 2 is 1.81 bits per heavy atom. The van der Waals surface area contributed by atoms with Crippen LogP contribution in [0.25, 0.3) is 22.4 Å². The van der Waals surface area contributed by atoms with E-state index in [1.165, 1.54) is 6.07 Å². The van der Waals surface area contributed by atoms with Crippen molar-refractivity contribution in [2.24, 2.45) is 0 Å². The molecule has 0 saturated heterocycles. The summed E-state index contributed by atoms with van der Waals surface area (Å²) in [5.74, 6) is 0.930. The van der Waals surface area contributed by atoms with E-state index in [0.29, 0.717) is 28.2 Å². The maximum absolute atomic E-state index is 12.9. The van der Waals surface area contributed by atoms with Crippen molar-refractivity contribution in [3.8, 4) is 11.4 Å². The molecule has 3 heterocycles. The van der Waals surface area contributed by atoms with Crippen LogP contribution in [0.4, 0.5) is 24.7 Å². The molecule has 0 fully saturated rings. The molecule has 1 aromatic carbocycles. The second-order valence-electron chi connectivity index (χ2n) is 5.61. The first-order valence-corrected chi connectivity index (χ1v) is 7.69. The van der Waals surface area contributed by atoms with Gasteiger partial charge in [-0.2, -0.15) is 13.2 Å². The molecule has 4 aromatic rings. The SMILES string of the molecule is FC(F)(F)c1cccc(-c2nc3cc(Nc4ccncc4)ncc3[nH]2)c1. The van der Waals surface area contributed by atoms with Crippen molar-refractivity contribution in [1.82, 2.24) is 19.9 Å². The number of aromatic nitrogens is 4. The number of anilines is 2. The molecular formula is C18H12F3N5. The summed E-state index contributed by atoms with van der Waals surface area (Å²) in [6.07, 6.45) is 0.497. The number of rotatable bonds is 3. The van der Waals surface area contributed by atoms with Crippen molar-refractivity contribution >= 4 is 22.5 Å². The lowest BCUT2D eigenvalue weighted by Gasteiger charge is -2.07. The van der Waals surface area contributed by atoms with Crippen molar-refractivity contribution < 1.29 is 13.2 Å². The Labute approximate surface area is 146 Å². The van der Waals surface area contributed by atoms with E-state index in [2.05, 4.69) is 25.3 Å². The number of pyridine rings is 2. The predicted molar refractivity (Wildman–Crippen MR) is 91.8 cm³/mol. The van der Waals surface area contributed by atoms with Gasteiger partial charge in [-0.05, 0) is 24.3 Å². The van der Waals surface area contributed by atoms with Crippen LogP contribution in [0.3, 0.4) is 0 Å². The third-order valence-corrected chi connectivity index (χ3v) is 3.78. The molecule has 0 atom stereocenters. The lowest BCUT2D eigenvalue weighted by molar-refractivity contribution is -0.137. The van der Waals surface area contributed by atoms with E-state index >= 15 is 0 Å². The third kappa shape index (κ3) is 3.21. The second-order valence-corrected chi connectivity index (χ2v) is 5.61. The van der Waals surface area contributed by atoms with Crippen LogP contribution in [0.5, 0.6) is 0 Å². The van der Waals surface area contributed by atoms with Crippen molar-refractivity contribution in [1.29, 1.82) is 0 Å². The highest BCUT2D eigenvalue weighted by molar-refractivity contribution is 5.81. The zero-order valence-corrected chi connectivity index (χ0v) is 13.2. The summed E-state index contributed by atoms with van der Waals surface area (Å²) in [6, 6.07) is 10.4. The van der Waals surface area contributed by atoms with Crippen LogP contribution < -0.4 is 5.32 Å². The highest BCUT2D eigenvalue weighted by atomic mass is 19.4. The Hall–Kier alpha value is -3.42. The van der Waals surface area contributed by atoms with Crippen LogP contribution in [0.2, 0.25) is 0 Å². The number of alkyl halides is 3. The summed E-state index contributed by atoms with van der Waals surface area (Å²) in [5, 5.41) is 3.12. The molecule has 0 aliphatic heterocycles. The number of fused-ring (bicyclic) bond motifs is 1. The number of halogens is 3. The molecule has 8 heteroatoms. The van der Waals surface area contributed by atoms with Gasteiger partial charge >= 0.3 is 6.18 Å². The summed E-state index contributed by atoms with van der Waals surface area (Å²) in [4.78, 5) is 15.6. The van der Waals surface area contributed by atoms with Gasteiger partial charge in [0.05, 0.1) is 22.8 Å². The molecule has 0 unspecified atom stereocenters. The topological polar surface area (TPSA) is 66.5 Å². The normalized spacial score (nSPS) is 11.7. The molecule has 0 saturated carbocycles. The number of nitrogens with zero attached hydrogens (tertiary/aromatic N) is 3. The molecule has 130 valence electrons. The monoisotopic (exact) mass is 355 g/mol. The largest absolute Gasteiger partial charge is 0.416 e. The first-order valence-electron chi connectivity index (χ1n) is 7.69.